The van der Waals surface area contributed by atoms with E-state index in [1.807, 2.05) is 23.1 Å². The average molecular weight is 330 g/mol. The van der Waals surface area contributed by atoms with Crippen LogP contribution in [0.1, 0.15) is 25.0 Å². The molecule has 0 unspecified atom stereocenters. The van der Waals surface area contributed by atoms with Crippen molar-refractivity contribution in [1.29, 1.82) is 5.26 Å². The summed E-state index contributed by atoms with van der Waals surface area (Å²) >= 11 is 0. The molecule has 1 aliphatic heterocycles. The minimum Gasteiger partial charge on any atom is -0.379 e. The van der Waals surface area contributed by atoms with Crippen LogP contribution in [0.4, 0.5) is 0 Å². The van der Waals surface area contributed by atoms with Crippen LogP contribution in [0, 0.1) is 11.3 Å². The quantitative estimate of drug-likeness (QED) is 0.686. The summed E-state index contributed by atoms with van der Waals surface area (Å²) in [4.78, 5) is 20.9. The van der Waals surface area contributed by atoms with Gasteiger partial charge in [0.05, 0.1) is 25.7 Å². The fourth-order valence-corrected chi connectivity index (χ4v) is 2.76. The number of hydrogen-bond acceptors (Lipinski definition) is 5. The first-order valence-corrected chi connectivity index (χ1v) is 8.64. The van der Waals surface area contributed by atoms with E-state index in [0.717, 1.165) is 51.4 Å². The number of aromatic nitrogens is 1. The van der Waals surface area contributed by atoms with E-state index in [4.69, 9.17) is 10.00 Å². The molecule has 1 amide bonds. The smallest absolute Gasteiger partial charge is 0.222 e. The van der Waals surface area contributed by atoms with E-state index >= 15 is 0 Å². The van der Waals surface area contributed by atoms with Gasteiger partial charge >= 0.3 is 0 Å². The molecule has 0 bridgehead atoms. The average Bonchev–Trinajstić information content (AvgIpc) is 2.63. The topological polar surface area (TPSA) is 69.5 Å². The van der Waals surface area contributed by atoms with Crippen LogP contribution in [0.5, 0.6) is 0 Å². The molecule has 6 heteroatoms. The first-order valence-electron chi connectivity index (χ1n) is 8.64. The van der Waals surface area contributed by atoms with Crippen molar-refractivity contribution in [2.24, 2.45) is 0 Å². The lowest BCUT2D eigenvalue weighted by Crippen LogP contribution is -2.43. The van der Waals surface area contributed by atoms with Crippen LogP contribution >= 0.6 is 0 Å². The molecule has 1 aromatic rings. The third-order valence-electron chi connectivity index (χ3n) is 4.19. The highest BCUT2D eigenvalue weighted by Crippen LogP contribution is 2.06. The number of carbonyl (C=O) groups excluding carboxylic acids is 1. The Kier molecular flexibility index (Phi) is 8.22. The highest BCUT2D eigenvalue weighted by Gasteiger charge is 2.16. The zero-order valence-electron chi connectivity index (χ0n) is 14.2. The molecule has 0 spiro atoms. The summed E-state index contributed by atoms with van der Waals surface area (Å²) in [6.45, 7) is 5.40. The van der Waals surface area contributed by atoms with Crippen molar-refractivity contribution >= 4 is 5.91 Å². The van der Waals surface area contributed by atoms with Crippen molar-refractivity contribution in [3.63, 3.8) is 0 Å². The predicted molar refractivity (Wildman–Crippen MR) is 91.2 cm³/mol. The zero-order chi connectivity index (χ0) is 17.0. The van der Waals surface area contributed by atoms with Gasteiger partial charge in [-0.1, -0.05) is 6.07 Å². The van der Waals surface area contributed by atoms with Gasteiger partial charge in [0.2, 0.25) is 5.91 Å². The maximum Gasteiger partial charge on any atom is 0.222 e. The minimum atomic E-state index is 0.134. The van der Waals surface area contributed by atoms with E-state index in [1.165, 1.54) is 0 Å². The number of ether oxygens (including phenoxy) is 1. The summed E-state index contributed by atoms with van der Waals surface area (Å²) in [5, 5.41) is 8.82. The lowest BCUT2D eigenvalue weighted by atomic mass is 10.1. The number of carbonyl (C=O) groups is 1. The number of rotatable bonds is 9. The first kappa shape index (κ1) is 18.4. The Bertz CT molecular complexity index is 524. The Hall–Kier alpha value is -1.97. The Labute approximate surface area is 144 Å². The van der Waals surface area contributed by atoms with Crippen LogP contribution in [0.3, 0.4) is 0 Å². The highest BCUT2D eigenvalue weighted by molar-refractivity contribution is 5.76. The molecule has 130 valence electrons. The monoisotopic (exact) mass is 330 g/mol. The lowest BCUT2D eigenvalue weighted by molar-refractivity contribution is -0.131. The summed E-state index contributed by atoms with van der Waals surface area (Å²) < 4.78 is 5.34. The summed E-state index contributed by atoms with van der Waals surface area (Å²) in [6, 6.07) is 7.97. The van der Waals surface area contributed by atoms with Gasteiger partial charge in [-0.2, -0.15) is 5.26 Å². The van der Waals surface area contributed by atoms with E-state index in [-0.39, 0.29) is 5.91 Å². The fraction of sp³-hybridized carbons (Fsp3) is 0.611. The van der Waals surface area contributed by atoms with Crippen LogP contribution in [-0.2, 0) is 16.0 Å². The van der Waals surface area contributed by atoms with Crippen LogP contribution in [0.15, 0.2) is 24.4 Å². The minimum absolute atomic E-state index is 0.134. The van der Waals surface area contributed by atoms with Gasteiger partial charge in [0, 0.05) is 51.0 Å². The summed E-state index contributed by atoms with van der Waals surface area (Å²) in [6.07, 6.45) is 4.26. The predicted octanol–water partition coefficient (Wildman–Crippen LogP) is 1.48. The zero-order valence-corrected chi connectivity index (χ0v) is 14.2. The first-order chi connectivity index (χ1) is 11.8. The fourth-order valence-electron chi connectivity index (χ4n) is 2.76. The third-order valence-corrected chi connectivity index (χ3v) is 4.19. The molecule has 6 nitrogen and oxygen atoms in total. The molecule has 24 heavy (non-hydrogen) atoms. The molecule has 2 rings (SSSR count). The lowest BCUT2D eigenvalue weighted by Gasteiger charge is -2.30. The van der Waals surface area contributed by atoms with Gasteiger partial charge in [0.1, 0.15) is 0 Å². The van der Waals surface area contributed by atoms with Gasteiger partial charge < -0.3 is 9.64 Å². The highest BCUT2D eigenvalue weighted by atomic mass is 16.5. The van der Waals surface area contributed by atoms with Gasteiger partial charge in [0.25, 0.3) is 0 Å². The Morgan fingerprint density at radius 3 is 2.88 bits per heavy atom. The molecule has 0 radical (unpaired) electrons. The van der Waals surface area contributed by atoms with Gasteiger partial charge in [0.15, 0.2) is 0 Å². The summed E-state index contributed by atoms with van der Waals surface area (Å²) in [5.74, 6) is 0.134. The van der Waals surface area contributed by atoms with Crippen LogP contribution in [0.2, 0.25) is 0 Å². The Morgan fingerprint density at radius 2 is 2.17 bits per heavy atom. The van der Waals surface area contributed by atoms with E-state index in [0.29, 0.717) is 25.9 Å². The van der Waals surface area contributed by atoms with E-state index in [2.05, 4.69) is 16.0 Å². The number of amides is 1. The van der Waals surface area contributed by atoms with Crippen molar-refractivity contribution in [2.75, 3.05) is 45.9 Å². The molecular weight excluding hydrogens is 304 g/mol. The number of morpholine rings is 1. The van der Waals surface area contributed by atoms with Crippen LogP contribution in [0.25, 0.3) is 0 Å². The molecule has 0 atom stereocenters. The van der Waals surface area contributed by atoms with Crippen molar-refractivity contribution in [2.45, 2.75) is 25.7 Å². The van der Waals surface area contributed by atoms with Gasteiger partial charge in [-0.05, 0) is 25.0 Å². The molecule has 0 saturated carbocycles. The van der Waals surface area contributed by atoms with Crippen molar-refractivity contribution < 1.29 is 9.53 Å². The molecule has 1 saturated heterocycles. The molecule has 1 fully saturated rings. The van der Waals surface area contributed by atoms with E-state index in [1.54, 1.807) is 6.20 Å². The number of pyridine rings is 1. The second-order valence-electron chi connectivity index (χ2n) is 5.92. The summed E-state index contributed by atoms with van der Waals surface area (Å²) in [7, 11) is 0. The molecule has 0 N–H and O–H groups in total. The van der Waals surface area contributed by atoms with E-state index < -0.39 is 0 Å². The third kappa shape index (κ3) is 6.65. The molecule has 2 heterocycles. The van der Waals surface area contributed by atoms with Crippen molar-refractivity contribution in [3.05, 3.63) is 30.1 Å². The largest absolute Gasteiger partial charge is 0.379 e. The van der Waals surface area contributed by atoms with Crippen molar-refractivity contribution in [3.8, 4) is 6.07 Å². The second-order valence-corrected chi connectivity index (χ2v) is 5.92. The number of nitriles is 1. The van der Waals surface area contributed by atoms with Crippen LogP contribution in [-0.4, -0.2) is 66.6 Å². The number of aryl methyl sites for hydroxylation is 1. The molecular formula is C18H26N4O2. The molecule has 1 aromatic heterocycles. The molecule has 1 aliphatic rings. The standard InChI is InChI=1S/C18H26N4O2/c19-8-4-10-22(12-11-21-13-15-24-16-14-21)18(23)7-3-6-17-5-1-2-9-20-17/h1-2,5,9H,3-4,6-7,10-16H2. The Morgan fingerprint density at radius 1 is 1.33 bits per heavy atom. The van der Waals surface area contributed by atoms with Gasteiger partial charge in [-0.15, -0.1) is 0 Å². The van der Waals surface area contributed by atoms with Crippen LogP contribution < -0.4 is 0 Å². The molecule has 0 aromatic carbocycles. The maximum atomic E-state index is 12.5. The Balaban J connectivity index is 1.75. The van der Waals surface area contributed by atoms with Gasteiger partial charge in [-0.25, -0.2) is 0 Å². The van der Waals surface area contributed by atoms with Gasteiger partial charge in [-0.3, -0.25) is 14.7 Å². The number of nitrogens with zero attached hydrogens (tertiary/aromatic N) is 4. The van der Waals surface area contributed by atoms with E-state index in [9.17, 15) is 4.79 Å². The normalized spacial score (nSPS) is 15.0. The second kappa shape index (κ2) is 10.7. The summed E-state index contributed by atoms with van der Waals surface area (Å²) in [5.41, 5.74) is 1.02. The molecule has 0 aliphatic carbocycles. The maximum absolute atomic E-state index is 12.5. The SMILES string of the molecule is N#CCCN(CCN1CCOCC1)C(=O)CCCc1ccccn1. The van der Waals surface area contributed by atoms with Crippen molar-refractivity contribution in [1.82, 2.24) is 14.8 Å². The number of hydrogen-bond donors (Lipinski definition) is 0.